The Morgan fingerprint density at radius 2 is 2.03 bits per heavy atom. The molecule has 0 radical (unpaired) electrons. The van der Waals surface area contributed by atoms with E-state index in [2.05, 4.69) is 10.3 Å². The maximum atomic E-state index is 13.4. The molecule has 1 atom stereocenters. The van der Waals surface area contributed by atoms with Crippen LogP contribution >= 0.6 is 11.3 Å². The van der Waals surface area contributed by atoms with Crippen LogP contribution in [0.15, 0.2) is 34.7 Å². The van der Waals surface area contributed by atoms with Crippen molar-refractivity contribution in [1.29, 1.82) is 0 Å². The number of carbonyl (C=O) groups is 2. The second-order valence-corrected chi connectivity index (χ2v) is 12.0. The van der Waals surface area contributed by atoms with Crippen LogP contribution in [-0.2, 0) is 19.6 Å². The van der Waals surface area contributed by atoms with E-state index in [-0.39, 0.29) is 42.1 Å². The molecule has 1 saturated carbocycles. The van der Waals surface area contributed by atoms with Crippen LogP contribution in [0.1, 0.15) is 44.1 Å². The zero-order valence-electron chi connectivity index (χ0n) is 20.1. The van der Waals surface area contributed by atoms with Gasteiger partial charge in [-0.2, -0.15) is 4.31 Å². The first kappa shape index (κ1) is 25.6. The fourth-order valence-electron chi connectivity index (χ4n) is 4.91. The van der Waals surface area contributed by atoms with Crippen molar-refractivity contribution in [1.82, 2.24) is 14.2 Å². The summed E-state index contributed by atoms with van der Waals surface area (Å²) in [6, 6.07) is 4.28. The molecule has 2 aromatic rings. The predicted octanol–water partition coefficient (Wildman–Crippen LogP) is 3.27. The monoisotopic (exact) mass is 520 g/mol. The van der Waals surface area contributed by atoms with Crippen LogP contribution in [0.4, 0.5) is 5.13 Å². The molecule has 1 aliphatic carbocycles. The lowest BCUT2D eigenvalue weighted by molar-refractivity contribution is -0.142. The van der Waals surface area contributed by atoms with Gasteiger partial charge in [0.25, 0.3) is 0 Å². The third-order valence-corrected chi connectivity index (χ3v) is 9.34. The van der Waals surface area contributed by atoms with Crippen LogP contribution < -0.4 is 10.1 Å². The number of thiazole rings is 1. The standard InChI is InChI=1S/C24H32N4O5S2/c1-17-8-9-20(33-2)21(14-17)35(31,32)27-11-12-28(22(29)16-27)19(15-18-6-4-3-5-7-18)23(30)26-24-25-10-13-34-24/h8-10,13-14,18-19H,3-7,11-12,15-16H2,1-2H3,(H,25,26,30)/t19-/m0/s1. The number of hydrogen-bond donors (Lipinski definition) is 1. The van der Waals surface area contributed by atoms with Crippen molar-refractivity contribution < 1.29 is 22.7 Å². The van der Waals surface area contributed by atoms with E-state index < -0.39 is 16.1 Å². The zero-order valence-corrected chi connectivity index (χ0v) is 21.7. The van der Waals surface area contributed by atoms with Gasteiger partial charge in [-0.3, -0.25) is 9.59 Å². The summed E-state index contributed by atoms with van der Waals surface area (Å²) in [5.74, 6) is -0.0394. The molecule has 1 aromatic heterocycles. The number of piperazine rings is 1. The molecule has 190 valence electrons. The van der Waals surface area contributed by atoms with Crippen molar-refractivity contribution in [3.8, 4) is 5.75 Å². The molecular weight excluding hydrogens is 488 g/mol. The lowest BCUT2D eigenvalue weighted by Gasteiger charge is -2.39. The minimum absolute atomic E-state index is 0.0431. The van der Waals surface area contributed by atoms with Crippen molar-refractivity contribution in [3.05, 3.63) is 35.3 Å². The highest BCUT2D eigenvalue weighted by Gasteiger charge is 2.40. The Kier molecular flexibility index (Phi) is 8.08. The quantitative estimate of drug-likeness (QED) is 0.572. The van der Waals surface area contributed by atoms with Gasteiger partial charge in [-0.05, 0) is 37.0 Å². The third kappa shape index (κ3) is 5.84. The summed E-state index contributed by atoms with van der Waals surface area (Å²) in [5, 5.41) is 5.11. The van der Waals surface area contributed by atoms with Crippen LogP contribution in [0, 0.1) is 12.8 Å². The lowest BCUT2D eigenvalue weighted by Crippen LogP contribution is -2.58. The van der Waals surface area contributed by atoms with E-state index in [9.17, 15) is 18.0 Å². The summed E-state index contributed by atoms with van der Waals surface area (Å²) in [4.78, 5) is 32.3. The lowest BCUT2D eigenvalue weighted by atomic mass is 9.84. The Balaban J connectivity index is 1.53. The summed E-state index contributed by atoms with van der Waals surface area (Å²) in [7, 11) is -2.53. The molecular formula is C24H32N4O5S2. The van der Waals surface area contributed by atoms with Gasteiger partial charge in [0.15, 0.2) is 5.13 Å². The fraction of sp³-hybridized carbons (Fsp3) is 0.542. The number of hydrogen-bond acceptors (Lipinski definition) is 7. The Labute approximate surface area is 210 Å². The van der Waals surface area contributed by atoms with Crippen LogP contribution in [0.25, 0.3) is 0 Å². The SMILES string of the molecule is COc1ccc(C)cc1S(=O)(=O)N1CCN([C@@H](CC2CCCCC2)C(=O)Nc2nccs2)C(=O)C1. The first-order valence-electron chi connectivity index (χ1n) is 11.9. The maximum Gasteiger partial charge on any atom is 0.248 e. The first-order valence-corrected chi connectivity index (χ1v) is 14.3. The smallest absolute Gasteiger partial charge is 0.248 e. The van der Waals surface area contributed by atoms with Crippen LogP contribution in [0.2, 0.25) is 0 Å². The van der Waals surface area contributed by atoms with Crippen molar-refractivity contribution >= 4 is 38.3 Å². The van der Waals surface area contributed by atoms with Crippen LogP contribution in [0.3, 0.4) is 0 Å². The number of ether oxygens (including phenoxy) is 1. The average Bonchev–Trinajstić information content (AvgIpc) is 3.36. The molecule has 2 heterocycles. The van der Waals surface area contributed by atoms with Gasteiger partial charge in [0.2, 0.25) is 21.8 Å². The molecule has 1 aliphatic heterocycles. The molecule has 4 rings (SSSR count). The molecule has 0 unspecified atom stereocenters. The maximum absolute atomic E-state index is 13.4. The number of nitrogens with one attached hydrogen (secondary N) is 1. The number of sulfonamides is 1. The number of anilines is 1. The van der Waals surface area contributed by atoms with Gasteiger partial charge in [0, 0.05) is 24.7 Å². The van der Waals surface area contributed by atoms with E-state index in [0.717, 1.165) is 31.2 Å². The molecule has 11 heteroatoms. The molecule has 2 amide bonds. The van der Waals surface area contributed by atoms with Gasteiger partial charge in [-0.25, -0.2) is 13.4 Å². The largest absolute Gasteiger partial charge is 0.495 e. The molecule has 2 fully saturated rings. The number of carbonyl (C=O) groups excluding carboxylic acids is 2. The fourth-order valence-corrected chi connectivity index (χ4v) is 7.07. The highest BCUT2D eigenvalue weighted by atomic mass is 32.2. The van der Waals surface area contributed by atoms with Crippen LogP contribution in [0.5, 0.6) is 5.75 Å². The number of benzene rings is 1. The predicted molar refractivity (Wildman–Crippen MR) is 134 cm³/mol. The summed E-state index contributed by atoms with van der Waals surface area (Å²) >= 11 is 1.32. The van der Waals surface area contributed by atoms with E-state index >= 15 is 0 Å². The van der Waals surface area contributed by atoms with Crippen molar-refractivity contribution in [2.24, 2.45) is 5.92 Å². The van der Waals surface area contributed by atoms with Crippen molar-refractivity contribution in [2.75, 3.05) is 32.1 Å². The highest BCUT2D eigenvalue weighted by Crippen LogP contribution is 2.32. The molecule has 1 N–H and O–H groups in total. The summed E-state index contributed by atoms with van der Waals surface area (Å²) in [6.45, 7) is 1.75. The second kappa shape index (κ2) is 11.0. The topological polar surface area (TPSA) is 109 Å². The Morgan fingerprint density at radius 3 is 2.69 bits per heavy atom. The van der Waals surface area contributed by atoms with Crippen molar-refractivity contribution in [3.63, 3.8) is 0 Å². The molecule has 35 heavy (non-hydrogen) atoms. The number of aromatic nitrogens is 1. The summed E-state index contributed by atoms with van der Waals surface area (Å²) in [5.41, 5.74) is 0.778. The molecule has 1 saturated heterocycles. The Morgan fingerprint density at radius 1 is 1.26 bits per heavy atom. The normalized spacial score (nSPS) is 18.9. The van der Waals surface area contributed by atoms with Crippen molar-refractivity contribution in [2.45, 2.75) is 56.4 Å². The van der Waals surface area contributed by atoms with E-state index in [1.54, 1.807) is 41.6 Å². The minimum atomic E-state index is -3.95. The van der Waals surface area contributed by atoms with E-state index in [0.29, 0.717) is 17.5 Å². The number of methoxy groups -OCH3 is 1. The van der Waals surface area contributed by atoms with E-state index in [1.807, 2.05) is 0 Å². The summed E-state index contributed by atoms with van der Waals surface area (Å²) in [6.07, 6.45) is 7.72. The van der Waals surface area contributed by atoms with Gasteiger partial charge in [0.05, 0.1) is 13.7 Å². The van der Waals surface area contributed by atoms with Gasteiger partial charge >= 0.3 is 0 Å². The van der Waals surface area contributed by atoms with E-state index in [1.165, 1.54) is 29.2 Å². The van der Waals surface area contributed by atoms with Gasteiger partial charge < -0.3 is 15.0 Å². The number of amides is 2. The molecule has 2 aliphatic rings. The minimum Gasteiger partial charge on any atom is -0.495 e. The highest BCUT2D eigenvalue weighted by molar-refractivity contribution is 7.89. The number of rotatable bonds is 8. The third-order valence-electron chi connectivity index (χ3n) is 6.78. The first-order chi connectivity index (χ1) is 16.8. The van der Waals surface area contributed by atoms with Gasteiger partial charge in [-0.15, -0.1) is 11.3 Å². The average molecular weight is 521 g/mol. The van der Waals surface area contributed by atoms with Gasteiger partial charge in [0.1, 0.15) is 16.7 Å². The molecule has 0 bridgehead atoms. The number of nitrogens with zero attached hydrogens (tertiary/aromatic N) is 3. The molecule has 0 spiro atoms. The molecule has 9 nitrogen and oxygen atoms in total. The zero-order chi connectivity index (χ0) is 25.0. The summed E-state index contributed by atoms with van der Waals surface area (Å²) < 4.78 is 33.2. The van der Waals surface area contributed by atoms with Crippen LogP contribution in [-0.4, -0.2) is 67.2 Å². The second-order valence-electron chi connectivity index (χ2n) is 9.16. The van der Waals surface area contributed by atoms with Gasteiger partial charge in [-0.1, -0.05) is 38.2 Å². The Hall–Kier alpha value is -2.50. The van der Waals surface area contributed by atoms with E-state index in [4.69, 9.17) is 4.74 Å². The number of aryl methyl sites for hydroxylation is 1. The molecule has 1 aromatic carbocycles. The Bertz CT molecular complexity index is 1150.